The largest absolute Gasteiger partial charge is 0.327 e. The molecule has 7 heteroatoms. The quantitative estimate of drug-likeness (QED) is 0.681. The minimum Gasteiger partial charge on any atom is -0.327 e. The van der Waals surface area contributed by atoms with Crippen molar-refractivity contribution in [2.24, 2.45) is 5.73 Å². The fraction of sp³-hybridized carbons (Fsp3) is 0.0435. The average Bonchev–Trinajstić information content (AvgIpc) is 3.35. The van der Waals surface area contributed by atoms with Crippen molar-refractivity contribution in [1.82, 2.24) is 0 Å². The van der Waals surface area contributed by atoms with E-state index in [0.717, 1.165) is 37.6 Å². The Kier molecular flexibility index (Phi) is 3.87. The maximum Gasteiger partial charge on any atom is 0.258 e. The van der Waals surface area contributed by atoms with Gasteiger partial charge < -0.3 is 5.73 Å². The van der Waals surface area contributed by atoms with Crippen LogP contribution in [-0.2, 0) is 19.2 Å². The molecule has 2 aromatic rings. The van der Waals surface area contributed by atoms with Crippen molar-refractivity contribution in [2.75, 3.05) is 16.3 Å². The van der Waals surface area contributed by atoms with Crippen LogP contribution in [0.25, 0.3) is 16.7 Å². The second kappa shape index (κ2) is 6.47. The second-order valence-electron chi connectivity index (χ2n) is 7.00. The van der Waals surface area contributed by atoms with E-state index in [0.29, 0.717) is 11.4 Å². The average molecular weight is 397 g/mol. The molecule has 0 unspecified atom stereocenters. The Balaban J connectivity index is 1.62. The topological polar surface area (TPSA) is 101 Å². The molecule has 0 fully saturated rings. The zero-order chi connectivity index (χ0) is 21.0. The minimum atomic E-state index is -0.388. The first-order valence-electron chi connectivity index (χ1n) is 9.31. The van der Waals surface area contributed by atoms with Crippen molar-refractivity contribution in [3.63, 3.8) is 0 Å². The van der Waals surface area contributed by atoms with Crippen LogP contribution >= 0.6 is 0 Å². The number of nitrogens with two attached hydrogens (primary N) is 1. The molecule has 0 spiro atoms. The Labute approximate surface area is 171 Å². The number of rotatable bonds is 3. The van der Waals surface area contributed by atoms with Crippen LogP contribution in [0, 0.1) is 0 Å². The number of hydrogen-bond donors (Lipinski definition) is 1. The molecule has 0 bridgehead atoms. The van der Waals surface area contributed by atoms with Gasteiger partial charge >= 0.3 is 0 Å². The van der Waals surface area contributed by atoms with E-state index in [1.165, 1.54) is 24.3 Å². The highest BCUT2D eigenvalue weighted by Crippen LogP contribution is 2.47. The van der Waals surface area contributed by atoms with Crippen LogP contribution < -0.4 is 15.5 Å². The summed E-state index contributed by atoms with van der Waals surface area (Å²) < 4.78 is 0. The molecule has 0 aromatic heterocycles. The molecule has 3 aliphatic rings. The summed E-state index contributed by atoms with van der Waals surface area (Å²) in [6.45, 7) is 0.273. The summed E-state index contributed by atoms with van der Waals surface area (Å²) in [6, 6.07) is 10.7. The Morgan fingerprint density at radius 2 is 1.03 bits per heavy atom. The molecule has 7 nitrogen and oxygen atoms in total. The summed E-state index contributed by atoms with van der Waals surface area (Å²) >= 11 is 0. The van der Waals surface area contributed by atoms with Crippen LogP contribution in [-0.4, -0.2) is 30.2 Å². The number of amides is 4. The molecule has 2 aliphatic heterocycles. The highest BCUT2D eigenvalue weighted by atomic mass is 16.2. The van der Waals surface area contributed by atoms with Gasteiger partial charge in [0.05, 0.1) is 11.4 Å². The molecule has 2 heterocycles. The number of hydrogen-bond acceptors (Lipinski definition) is 5. The number of imide groups is 2. The molecular formula is C23H15N3O4. The van der Waals surface area contributed by atoms with E-state index in [4.69, 9.17) is 5.73 Å². The summed E-state index contributed by atoms with van der Waals surface area (Å²) in [5.41, 5.74) is 11.1. The van der Waals surface area contributed by atoms with Crippen molar-refractivity contribution in [3.05, 3.63) is 77.9 Å². The summed E-state index contributed by atoms with van der Waals surface area (Å²) in [7, 11) is 0. The number of fused-ring (bicyclic) bond motifs is 3. The highest BCUT2D eigenvalue weighted by molar-refractivity contribution is 6.29. The lowest BCUT2D eigenvalue weighted by molar-refractivity contribution is -0.121. The lowest BCUT2D eigenvalue weighted by Gasteiger charge is -2.15. The van der Waals surface area contributed by atoms with Crippen molar-refractivity contribution < 1.29 is 19.2 Å². The maximum absolute atomic E-state index is 12.1. The molecule has 0 saturated heterocycles. The number of carbonyl (C=O) groups excluding carboxylic acids is 4. The van der Waals surface area contributed by atoms with Gasteiger partial charge in [-0.3, -0.25) is 19.2 Å². The monoisotopic (exact) mass is 397 g/mol. The van der Waals surface area contributed by atoms with E-state index in [2.05, 4.69) is 0 Å². The van der Waals surface area contributed by atoms with Crippen molar-refractivity contribution in [2.45, 2.75) is 0 Å². The predicted molar refractivity (Wildman–Crippen MR) is 111 cm³/mol. The molecule has 0 radical (unpaired) electrons. The van der Waals surface area contributed by atoms with Crippen LogP contribution in [0.5, 0.6) is 0 Å². The summed E-state index contributed by atoms with van der Waals surface area (Å²) in [5, 5.41) is 0. The number of benzene rings is 2. The van der Waals surface area contributed by atoms with E-state index in [1.807, 2.05) is 18.2 Å². The third kappa shape index (κ3) is 2.49. The zero-order valence-corrected chi connectivity index (χ0v) is 15.7. The second-order valence-corrected chi connectivity index (χ2v) is 7.00. The van der Waals surface area contributed by atoms with Crippen molar-refractivity contribution in [3.8, 4) is 11.1 Å². The van der Waals surface area contributed by atoms with E-state index in [1.54, 1.807) is 24.3 Å². The van der Waals surface area contributed by atoms with Crippen LogP contribution in [0.1, 0.15) is 11.1 Å². The first-order chi connectivity index (χ1) is 14.5. The van der Waals surface area contributed by atoms with Crippen molar-refractivity contribution in [1.29, 1.82) is 0 Å². The molecule has 2 N–H and O–H groups in total. The standard InChI is InChI=1S/C23H15N3O4/c24-10-9-17-18-11-13(25-20(27)5-6-21(25)28)1-3-15(18)16-4-2-14(12-19(16)17)26-22(29)7-8-23(26)30/h1-9,11-12H,10,24H2. The van der Waals surface area contributed by atoms with Gasteiger partial charge in [-0.05, 0) is 52.1 Å². The van der Waals surface area contributed by atoms with Gasteiger partial charge in [0.15, 0.2) is 0 Å². The van der Waals surface area contributed by atoms with Gasteiger partial charge in [0.2, 0.25) is 0 Å². The van der Waals surface area contributed by atoms with E-state index in [-0.39, 0.29) is 30.2 Å². The van der Waals surface area contributed by atoms with Gasteiger partial charge in [0.1, 0.15) is 0 Å². The van der Waals surface area contributed by atoms with Gasteiger partial charge in [-0.2, -0.15) is 0 Å². The first kappa shape index (κ1) is 18.0. The summed E-state index contributed by atoms with van der Waals surface area (Å²) in [4.78, 5) is 50.5. The Morgan fingerprint density at radius 3 is 1.40 bits per heavy atom. The third-order valence-electron chi connectivity index (χ3n) is 5.33. The molecule has 30 heavy (non-hydrogen) atoms. The number of carbonyl (C=O) groups is 4. The molecule has 5 rings (SSSR count). The molecule has 4 amide bonds. The third-order valence-corrected chi connectivity index (χ3v) is 5.33. The van der Waals surface area contributed by atoms with Gasteiger partial charge in [0, 0.05) is 30.8 Å². The number of nitrogens with zero attached hydrogens (tertiary/aromatic N) is 2. The normalized spacial score (nSPS) is 16.8. The zero-order valence-electron chi connectivity index (χ0n) is 15.7. The van der Waals surface area contributed by atoms with Crippen LogP contribution in [0.15, 0.2) is 66.8 Å². The molecular weight excluding hydrogens is 382 g/mol. The predicted octanol–water partition coefficient (Wildman–Crippen LogP) is 1.92. The minimum absolute atomic E-state index is 0.273. The summed E-state index contributed by atoms with van der Waals surface area (Å²) in [5.74, 6) is -1.55. The van der Waals surface area contributed by atoms with Gasteiger partial charge in [-0.15, -0.1) is 0 Å². The maximum atomic E-state index is 12.1. The van der Waals surface area contributed by atoms with E-state index >= 15 is 0 Å². The lowest BCUT2D eigenvalue weighted by atomic mass is 10.0. The van der Waals surface area contributed by atoms with Gasteiger partial charge in [-0.25, -0.2) is 9.80 Å². The SMILES string of the molecule is NCC=C1c2cc(N3C(=O)C=CC3=O)ccc2-c2ccc(N3C(=O)C=CC3=O)cc21. The van der Waals surface area contributed by atoms with E-state index < -0.39 is 0 Å². The molecule has 2 aromatic carbocycles. The van der Waals surface area contributed by atoms with Crippen LogP contribution in [0.2, 0.25) is 0 Å². The Bertz CT molecular complexity index is 1140. The van der Waals surface area contributed by atoms with Gasteiger partial charge in [0.25, 0.3) is 23.6 Å². The lowest BCUT2D eigenvalue weighted by Crippen LogP contribution is -2.29. The fourth-order valence-electron chi connectivity index (χ4n) is 4.05. The first-order valence-corrected chi connectivity index (χ1v) is 9.31. The van der Waals surface area contributed by atoms with Crippen LogP contribution in [0.4, 0.5) is 11.4 Å². The summed E-state index contributed by atoms with van der Waals surface area (Å²) in [6.07, 6.45) is 6.81. The van der Waals surface area contributed by atoms with E-state index in [9.17, 15) is 19.2 Å². The molecule has 146 valence electrons. The number of anilines is 2. The molecule has 1 aliphatic carbocycles. The Hall–Kier alpha value is -4.10. The smallest absolute Gasteiger partial charge is 0.258 e. The van der Waals surface area contributed by atoms with Crippen LogP contribution in [0.3, 0.4) is 0 Å². The Morgan fingerprint density at radius 1 is 0.633 bits per heavy atom. The highest BCUT2D eigenvalue weighted by Gasteiger charge is 2.31. The van der Waals surface area contributed by atoms with Gasteiger partial charge in [-0.1, -0.05) is 18.2 Å². The fourth-order valence-corrected chi connectivity index (χ4v) is 4.05. The molecule has 0 saturated carbocycles. The van der Waals surface area contributed by atoms with Crippen molar-refractivity contribution >= 4 is 40.6 Å². The molecule has 0 atom stereocenters.